The molecule has 0 aromatic heterocycles. The first kappa shape index (κ1) is 24.6. The Labute approximate surface area is 202 Å². The molecule has 0 aliphatic carbocycles. The molecule has 0 atom stereocenters. The van der Waals surface area contributed by atoms with Crippen molar-refractivity contribution in [3.05, 3.63) is 99.9 Å². The molecule has 1 nitrogen and oxygen atoms in total. The number of nitrogens with zero attached hydrogens (tertiary/aromatic N) is 1. The number of isothiocyanates is 1. The normalized spacial score (nSPS) is 9.41. The number of benzene rings is 3. The summed E-state index contributed by atoms with van der Waals surface area (Å²) >= 11 is 4.38. The molecular formula is C29H18F3NS. The van der Waals surface area contributed by atoms with Crippen LogP contribution >= 0.6 is 12.2 Å². The minimum absolute atomic E-state index is 0.163. The van der Waals surface area contributed by atoms with Gasteiger partial charge in [0.05, 0.1) is 10.7 Å². The van der Waals surface area contributed by atoms with E-state index in [1.165, 1.54) is 6.07 Å². The van der Waals surface area contributed by atoms with Crippen LogP contribution in [0.4, 0.5) is 18.9 Å². The van der Waals surface area contributed by atoms with Crippen LogP contribution in [0.5, 0.6) is 0 Å². The fraction of sp³-hybridized carbons (Fsp3) is 0.138. The highest BCUT2D eigenvalue weighted by Crippen LogP contribution is 2.23. The van der Waals surface area contributed by atoms with Crippen molar-refractivity contribution in [2.75, 3.05) is 0 Å². The van der Waals surface area contributed by atoms with Gasteiger partial charge in [0.1, 0.15) is 11.5 Å². The van der Waals surface area contributed by atoms with Crippen LogP contribution in [0.25, 0.3) is 0 Å². The highest BCUT2D eigenvalue weighted by Gasteiger charge is 2.09. The number of hydrogen-bond acceptors (Lipinski definition) is 2. The fourth-order valence-corrected chi connectivity index (χ4v) is 2.93. The summed E-state index contributed by atoms with van der Waals surface area (Å²) in [5.41, 5.74) is 1.89. The van der Waals surface area contributed by atoms with Crippen molar-refractivity contribution in [2.24, 2.45) is 4.99 Å². The third kappa shape index (κ3) is 6.96. The minimum Gasteiger partial charge on any atom is -0.206 e. The quantitative estimate of drug-likeness (QED) is 0.171. The Bertz CT molecular complexity index is 1410. The van der Waals surface area contributed by atoms with Crippen molar-refractivity contribution in [2.45, 2.75) is 26.2 Å². The van der Waals surface area contributed by atoms with Gasteiger partial charge in [-0.25, -0.2) is 13.2 Å². The van der Waals surface area contributed by atoms with Crippen molar-refractivity contribution in [3.63, 3.8) is 0 Å². The number of thiocarbonyl (C=S) groups is 1. The lowest BCUT2D eigenvalue weighted by atomic mass is 10.1. The molecule has 0 bridgehead atoms. The second-order valence-electron chi connectivity index (χ2n) is 7.17. The topological polar surface area (TPSA) is 12.4 Å². The van der Waals surface area contributed by atoms with Crippen molar-refractivity contribution in [1.29, 1.82) is 0 Å². The molecule has 166 valence electrons. The second kappa shape index (κ2) is 12.2. The summed E-state index contributed by atoms with van der Waals surface area (Å²) in [5.74, 6) is 15.1. The van der Waals surface area contributed by atoms with E-state index in [0.29, 0.717) is 16.7 Å². The third-order valence-corrected chi connectivity index (χ3v) is 4.70. The van der Waals surface area contributed by atoms with Crippen molar-refractivity contribution < 1.29 is 13.2 Å². The van der Waals surface area contributed by atoms with Gasteiger partial charge in [-0.2, -0.15) is 4.99 Å². The number of rotatable bonds is 3. The Hall–Kier alpha value is -4.07. The molecule has 0 saturated heterocycles. The molecule has 5 heteroatoms. The average Bonchev–Trinajstić information content (AvgIpc) is 2.83. The molecule has 0 aliphatic heterocycles. The maximum absolute atomic E-state index is 14.3. The largest absolute Gasteiger partial charge is 0.206 e. The molecular weight excluding hydrogens is 451 g/mol. The SMILES string of the molecule is CCCCC#Cc1ccc(C#Cc2ccc(C#Cc3cc(F)c(N=C=S)c(F)c3)cc2)c(F)c1. The molecule has 0 amide bonds. The molecule has 0 heterocycles. The highest BCUT2D eigenvalue weighted by molar-refractivity contribution is 7.78. The van der Waals surface area contributed by atoms with Gasteiger partial charge < -0.3 is 0 Å². The van der Waals surface area contributed by atoms with Crippen LogP contribution < -0.4 is 0 Å². The molecule has 0 aliphatic rings. The molecule has 0 N–H and O–H groups in total. The van der Waals surface area contributed by atoms with E-state index in [4.69, 9.17) is 0 Å². The van der Waals surface area contributed by atoms with E-state index in [-0.39, 0.29) is 11.1 Å². The maximum Gasteiger partial charge on any atom is 0.153 e. The van der Waals surface area contributed by atoms with Gasteiger partial charge in [-0.3, -0.25) is 0 Å². The number of halogens is 3. The van der Waals surface area contributed by atoms with Gasteiger partial charge in [-0.1, -0.05) is 48.9 Å². The maximum atomic E-state index is 14.3. The molecule has 0 saturated carbocycles. The van der Waals surface area contributed by atoms with Crippen LogP contribution in [0, 0.1) is 53.0 Å². The van der Waals surface area contributed by atoms with Crippen molar-refractivity contribution >= 4 is 23.1 Å². The summed E-state index contributed by atoms with van der Waals surface area (Å²) in [6, 6.07) is 13.8. The molecule has 3 rings (SSSR count). The van der Waals surface area contributed by atoms with E-state index < -0.39 is 23.1 Å². The third-order valence-electron chi connectivity index (χ3n) is 4.61. The minimum atomic E-state index is -0.865. The predicted molar refractivity (Wildman–Crippen MR) is 132 cm³/mol. The van der Waals surface area contributed by atoms with E-state index in [1.807, 2.05) is 5.16 Å². The van der Waals surface area contributed by atoms with E-state index in [1.54, 1.807) is 36.4 Å². The number of aliphatic imine (C=N–C) groups is 1. The Balaban J connectivity index is 1.71. The fourth-order valence-electron chi connectivity index (χ4n) is 2.83. The molecule has 0 unspecified atom stereocenters. The van der Waals surface area contributed by atoms with Crippen LogP contribution in [0.15, 0.2) is 59.6 Å². The van der Waals surface area contributed by atoms with Gasteiger partial charge in [-0.05, 0) is 73.2 Å². The molecule has 0 fully saturated rings. The second-order valence-corrected chi connectivity index (χ2v) is 7.35. The van der Waals surface area contributed by atoms with E-state index in [9.17, 15) is 13.2 Å². The molecule has 0 radical (unpaired) electrons. The Morgan fingerprint density at radius 2 is 1.26 bits per heavy atom. The summed E-state index contributed by atoms with van der Waals surface area (Å²) in [6.07, 6.45) is 2.89. The Morgan fingerprint density at radius 3 is 1.85 bits per heavy atom. The summed E-state index contributed by atoms with van der Waals surface area (Å²) < 4.78 is 42.1. The van der Waals surface area contributed by atoms with Crippen LogP contribution in [-0.2, 0) is 0 Å². The van der Waals surface area contributed by atoms with Crippen LogP contribution in [0.1, 0.15) is 54.0 Å². The lowest BCUT2D eigenvalue weighted by molar-refractivity contribution is 0.587. The van der Waals surface area contributed by atoms with Crippen molar-refractivity contribution in [3.8, 4) is 35.5 Å². The molecule has 0 spiro atoms. The zero-order valence-electron chi connectivity index (χ0n) is 18.3. The van der Waals surface area contributed by atoms with Crippen LogP contribution in [-0.4, -0.2) is 5.16 Å². The van der Waals surface area contributed by atoms with E-state index in [0.717, 1.165) is 31.4 Å². The Kier molecular flexibility index (Phi) is 8.85. The Morgan fingerprint density at radius 1 is 0.706 bits per heavy atom. The first-order valence-electron chi connectivity index (χ1n) is 10.5. The first-order chi connectivity index (χ1) is 16.5. The summed E-state index contributed by atoms with van der Waals surface area (Å²) in [6.45, 7) is 2.10. The summed E-state index contributed by atoms with van der Waals surface area (Å²) in [5, 5.41) is 1.94. The van der Waals surface area contributed by atoms with Gasteiger partial charge in [-0.15, -0.1) is 0 Å². The van der Waals surface area contributed by atoms with Gasteiger partial charge >= 0.3 is 0 Å². The van der Waals surface area contributed by atoms with Gasteiger partial charge in [0, 0.05) is 28.7 Å². The number of hydrogen-bond donors (Lipinski definition) is 0. The zero-order valence-corrected chi connectivity index (χ0v) is 19.1. The van der Waals surface area contributed by atoms with E-state index in [2.05, 4.69) is 59.7 Å². The number of unbranched alkanes of at least 4 members (excludes halogenated alkanes) is 2. The first-order valence-corrected chi connectivity index (χ1v) is 10.9. The van der Waals surface area contributed by atoms with Crippen molar-refractivity contribution in [1.82, 2.24) is 0 Å². The average molecular weight is 470 g/mol. The smallest absolute Gasteiger partial charge is 0.153 e. The summed E-state index contributed by atoms with van der Waals surface area (Å²) in [7, 11) is 0. The van der Waals surface area contributed by atoms with Gasteiger partial charge in [0.15, 0.2) is 11.6 Å². The molecule has 34 heavy (non-hydrogen) atoms. The van der Waals surface area contributed by atoms with E-state index >= 15 is 0 Å². The predicted octanol–water partition coefficient (Wildman–Crippen LogP) is 7.18. The highest BCUT2D eigenvalue weighted by atomic mass is 32.1. The molecule has 3 aromatic rings. The van der Waals surface area contributed by atoms with Gasteiger partial charge in [0.2, 0.25) is 0 Å². The van der Waals surface area contributed by atoms with Crippen LogP contribution in [0.2, 0.25) is 0 Å². The zero-order chi connectivity index (χ0) is 24.3. The van der Waals surface area contributed by atoms with Crippen LogP contribution in [0.3, 0.4) is 0 Å². The lowest BCUT2D eigenvalue weighted by Crippen LogP contribution is -1.87. The van der Waals surface area contributed by atoms with Gasteiger partial charge in [0.25, 0.3) is 0 Å². The lowest BCUT2D eigenvalue weighted by Gasteiger charge is -1.98. The molecule has 3 aromatic carbocycles. The monoisotopic (exact) mass is 469 g/mol. The summed E-state index contributed by atoms with van der Waals surface area (Å²) in [4.78, 5) is 3.37. The standard InChI is InChI=1S/C29H18F3NS/c1-2-3-4-5-6-23-14-16-25(26(30)17-23)15-13-22-9-7-21(8-10-22)11-12-24-18-27(31)29(33-20-34)28(32)19-24/h7-10,14,16-19H,2-4H2,1H3.